The lowest BCUT2D eigenvalue weighted by molar-refractivity contribution is -0.144. The Morgan fingerprint density at radius 2 is 2.20 bits per heavy atom. The van der Waals surface area contributed by atoms with Crippen LogP contribution in [0.4, 0.5) is 0 Å². The predicted molar refractivity (Wildman–Crippen MR) is 77.5 cm³/mol. The van der Waals surface area contributed by atoms with Crippen LogP contribution in [0.25, 0.3) is 11.3 Å². The predicted octanol–water partition coefficient (Wildman–Crippen LogP) is 3.03. The number of carbonyl (C=O) groups is 1. The number of carbonyl (C=O) groups excluding carboxylic acids is 1. The highest BCUT2D eigenvalue weighted by atomic mass is 35.5. The molecule has 4 nitrogen and oxygen atoms in total. The standard InChI is InChI=1S/C15H16ClNO3/c1-2-19-15(18)13(17)9-12-6-7-14(20-12)10-4-3-5-11(16)8-10/h3-8,13H,2,9,17H2,1H3. The van der Waals surface area contributed by atoms with E-state index >= 15 is 0 Å². The first-order valence-corrected chi connectivity index (χ1v) is 6.75. The Morgan fingerprint density at radius 1 is 1.40 bits per heavy atom. The molecule has 0 bridgehead atoms. The molecular weight excluding hydrogens is 278 g/mol. The number of nitrogens with two attached hydrogens (primary N) is 1. The maximum Gasteiger partial charge on any atom is 0.323 e. The molecule has 106 valence electrons. The van der Waals surface area contributed by atoms with E-state index in [2.05, 4.69) is 0 Å². The lowest BCUT2D eigenvalue weighted by Crippen LogP contribution is -2.34. The largest absolute Gasteiger partial charge is 0.465 e. The van der Waals surface area contributed by atoms with Gasteiger partial charge in [0.25, 0.3) is 0 Å². The molecule has 1 heterocycles. The molecule has 1 unspecified atom stereocenters. The molecule has 0 aliphatic carbocycles. The normalized spacial score (nSPS) is 12.2. The topological polar surface area (TPSA) is 65.5 Å². The van der Waals surface area contributed by atoms with Gasteiger partial charge in [-0.3, -0.25) is 4.79 Å². The van der Waals surface area contributed by atoms with Gasteiger partial charge in [-0.1, -0.05) is 23.7 Å². The van der Waals surface area contributed by atoms with Crippen LogP contribution in [0.5, 0.6) is 0 Å². The summed E-state index contributed by atoms with van der Waals surface area (Å²) in [6.45, 7) is 2.06. The van der Waals surface area contributed by atoms with Crippen LogP contribution >= 0.6 is 11.6 Å². The van der Waals surface area contributed by atoms with Gasteiger partial charge in [0.2, 0.25) is 0 Å². The summed E-state index contributed by atoms with van der Waals surface area (Å²) >= 11 is 5.94. The third-order valence-corrected chi connectivity index (χ3v) is 3.02. The van der Waals surface area contributed by atoms with Gasteiger partial charge in [0.1, 0.15) is 17.6 Å². The van der Waals surface area contributed by atoms with Crippen molar-refractivity contribution in [3.63, 3.8) is 0 Å². The van der Waals surface area contributed by atoms with Gasteiger partial charge in [-0.25, -0.2) is 0 Å². The number of hydrogen-bond acceptors (Lipinski definition) is 4. The van der Waals surface area contributed by atoms with Crippen molar-refractivity contribution in [3.05, 3.63) is 47.2 Å². The summed E-state index contributed by atoms with van der Waals surface area (Å²) < 4.78 is 10.5. The van der Waals surface area contributed by atoms with Crippen LogP contribution in [-0.2, 0) is 16.0 Å². The van der Waals surface area contributed by atoms with Gasteiger partial charge in [0.05, 0.1) is 6.61 Å². The molecule has 1 atom stereocenters. The Balaban J connectivity index is 2.08. The van der Waals surface area contributed by atoms with Crippen LogP contribution in [0.3, 0.4) is 0 Å². The van der Waals surface area contributed by atoms with Crippen molar-refractivity contribution in [2.75, 3.05) is 6.61 Å². The first-order valence-electron chi connectivity index (χ1n) is 6.37. The van der Waals surface area contributed by atoms with Gasteiger partial charge in [0, 0.05) is 17.0 Å². The van der Waals surface area contributed by atoms with Crippen LogP contribution in [-0.4, -0.2) is 18.6 Å². The van der Waals surface area contributed by atoms with Crippen LogP contribution in [0.1, 0.15) is 12.7 Å². The maximum atomic E-state index is 11.5. The third-order valence-electron chi connectivity index (χ3n) is 2.78. The second-order valence-corrected chi connectivity index (χ2v) is 4.78. The molecule has 2 rings (SSSR count). The van der Waals surface area contributed by atoms with Gasteiger partial charge in [-0.15, -0.1) is 0 Å². The lowest BCUT2D eigenvalue weighted by Gasteiger charge is -2.08. The average molecular weight is 294 g/mol. The summed E-state index contributed by atoms with van der Waals surface area (Å²) in [4.78, 5) is 11.5. The minimum Gasteiger partial charge on any atom is -0.465 e. The van der Waals surface area contributed by atoms with Crippen molar-refractivity contribution < 1.29 is 13.9 Å². The SMILES string of the molecule is CCOC(=O)C(N)Cc1ccc(-c2cccc(Cl)c2)o1. The number of ether oxygens (including phenoxy) is 1. The van der Waals surface area contributed by atoms with E-state index in [-0.39, 0.29) is 0 Å². The zero-order chi connectivity index (χ0) is 14.5. The molecule has 0 aliphatic rings. The molecule has 1 aromatic carbocycles. The second-order valence-electron chi connectivity index (χ2n) is 4.34. The molecule has 5 heteroatoms. The molecule has 2 aromatic rings. The molecule has 0 spiro atoms. The molecule has 0 saturated heterocycles. The smallest absolute Gasteiger partial charge is 0.323 e. The van der Waals surface area contributed by atoms with Gasteiger partial charge in [0.15, 0.2) is 0 Å². The summed E-state index contributed by atoms with van der Waals surface area (Å²) in [6.07, 6.45) is 0.305. The van der Waals surface area contributed by atoms with Crippen molar-refractivity contribution in [2.24, 2.45) is 5.73 Å². The number of rotatable bonds is 5. The monoisotopic (exact) mass is 293 g/mol. The fraction of sp³-hybridized carbons (Fsp3) is 0.267. The van der Waals surface area contributed by atoms with E-state index < -0.39 is 12.0 Å². The molecule has 20 heavy (non-hydrogen) atoms. The zero-order valence-corrected chi connectivity index (χ0v) is 11.9. The van der Waals surface area contributed by atoms with Gasteiger partial charge in [-0.05, 0) is 31.2 Å². The lowest BCUT2D eigenvalue weighted by atomic mass is 10.2. The van der Waals surface area contributed by atoms with Gasteiger partial charge >= 0.3 is 5.97 Å². The fourth-order valence-corrected chi connectivity index (χ4v) is 2.02. The Kier molecular flexibility index (Phi) is 4.82. The molecule has 2 N–H and O–H groups in total. The zero-order valence-electron chi connectivity index (χ0n) is 11.1. The third kappa shape index (κ3) is 3.62. The van der Waals surface area contributed by atoms with Crippen LogP contribution in [0, 0.1) is 0 Å². The fourth-order valence-electron chi connectivity index (χ4n) is 1.83. The Labute approximate surface area is 122 Å². The van der Waals surface area contributed by atoms with E-state index in [4.69, 9.17) is 26.5 Å². The molecule has 0 aliphatic heterocycles. The van der Waals surface area contributed by atoms with E-state index in [1.165, 1.54) is 0 Å². The number of esters is 1. The quantitative estimate of drug-likeness (QED) is 0.861. The summed E-state index contributed by atoms with van der Waals surface area (Å²) in [7, 11) is 0. The van der Waals surface area contributed by atoms with Gasteiger partial charge < -0.3 is 14.9 Å². The van der Waals surface area contributed by atoms with E-state index in [0.29, 0.717) is 29.6 Å². The highest BCUT2D eigenvalue weighted by molar-refractivity contribution is 6.30. The van der Waals surface area contributed by atoms with Crippen LogP contribution in [0.15, 0.2) is 40.8 Å². The van der Waals surface area contributed by atoms with Crippen molar-refractivity contribution in [2.45, 2.75) is 19.4 Å². The van der Waals surface area contributed by atoms with E-state index in [9.17, 15) is 4.79 Å². The highest BCUT2D eigenvalue weighted by Crippen LogP contribution is 2.25. The molecule has 0 radical (unpaired) electrons. The molecule has 0 amide bonds. The van der Waals surface area contributed by atoms with E-state index in [1.54, 1.807) is 19.1 Å². The summed E-state index contributed by atoms with van der Waals surface area (Å²) in [5, 5.41) is 0.642. The maximum absolute atomic E-state index is 11.5. The first-order chi connectivity index (χ1) is 9.60. The second kappa shape index (κ2) is 6.59. The summed E-state index contributed by atoms with van der Waals surface area (Å²) in [5.74, 6) is 0.910. The minimum absolute atomic E-state index is 0.305. The number of furan rings is 1. The first kappa shape index (κ1) is 14.6. The van der Waals surface area contributed by atoms with Crippen molar-refractivity contribution in [1.82, 2.24) is 0 Å². The minimum atomic E-state index is -0.715. The van der Waals surface area contributed by atoms with Gasteiger partial charge in [-0.2, -0.15) is 0 Å². The number of halogens is 1. The van der Waals surface area contributed by atoms with Crippen LogP contribution < -0.4 is 5.73 Å². The molecule has 1 aromatic heterocycles. The Bertz CT molecular complexity index is 594. The van der Waals surface area contributed by atoms with Crippen molar-refractivity contribution >= 4 is 17.6 Å². The van der Waals surface area contributed by atoms with E-state index in [1.807, 2.05) is 24.3 Å². The van der Waals surface area contributed by atoms with Crippen LogP contribution in [0.2, 0.25) is 5.02 Å². The molecular formula is C15H16ClNO3. The summed E-state index contributed by atoms with van der Waals surface area (Å²) in [5.41, 5.74) is 6.63. The van der Waals surface area contributed by atoms with E-state index in [0.717, 1.165) is 5.56 Å². The molecule has 0 fully saturated rings. The van der Waals surface area contributed by atoms with Crippen molar-refractivity contribution in [3.8, 4) is 11.3 Å². The van der Waals surface area contributed by atoms with Crippen molar-refractivity contribution in [1.29, 1.82) is 0 Å². The number of benzene rings is 1. The Hall–Kier alpha value is -1.78. The number of hydrogen-bond donors (Lipinski definition) is 1. The summed E-state index contributed by atoms with van der Waals surface area (Å²) in [6, 6.07) is 10.3. The Morgan fingerprint density at radius 3 is 2.90 bits per heavy atom. The highest BCUT2D eigenvalue weighted by Gasteiger charge is 2.17. The molecule has 0 saturated carbocycles. The average Bonchev–Trinajstić information content (AvgIpc) is 2.87.